The third-order valence-corrected chi connectivity index (χ3v) is 4.58. The molecule has 0 saturated heterocycles. The average molecular weight is 233 g/mol. The van der Waals surface area contributed by atoms with Crippen LogP contribution in [-0.4, -0.2) is 29.1 Å². The Bertz CT molecular complexity index is 158. The van der Waals surface area contributed by atoms with Crippen LogP contribution in [-0.2, 0) is 0 Å². The van der Waals surface area contributed by atoms with Gasteiger partial charge in [0.15, 0.2) is 0 Å². The summed E-state index contributed by atoms with van der Waals surface area (Å²) in [4.78, 5) is 7.37. The second kappa shape index (κ2) is 5.44. The van der Waals surface area contributed by atoms with Crippen molar-refractivity contribution >= 4 is 16.5 Å². The van der Waals surface area contributed by atoms with Crippen molar-refractivity contribution in [2.24, 2.45) is 0 Å². The van der Waals surface area contributed by atoms with E-state index in [1.165, 1.54) is 6.42 Å². The molecule has 1 atom stereocenters. The van der Waals surface area contributed by atoms with Crippen LogP contribution in [0.15, 0.2) is 0 Å². The summed E-state index contributed by atoms with van der Waals surface area (Å²) in [5.41, 5.74) is 0. The zero-order valence-corrected chi connectivity index (χ0v) is 13.0. The van der Waals surface area contributed by atoms with Crippen LogP contribution in [0.4, 0.5) is 0 Å². The maximum Gasteiger partial charge on any atom is 0.116 e. The van der Waals surface area contributed by atoms with Crippen LogP contribution in [0, 0.1) is 0 Å². The highest BCUT2D eigenvalue weighted by molar-refractivity contribution is 6.74. The Hall–Kier alpha value is 0.354. The van der Waals surface area contributed by atoms with E-state index >= 15 is 0 Å². The third-order valence-electron chi connectivity index (χ3n) is 1.91. The largest absolute Gasteiger partial charge is 0.337 e. The molecular formula is C10H28N2Si2. The van der Waals surface area contributed by atoms with Crippen LogP contribution in [0.2, 0.25) is 39.3 Å². The van der Waals surface area contributed by atoms with E-state index in [2.05, 4.69) is 56.2 Å². The molecule has 0 saturated carbocycles. The molecule has 0 aliphatic heterocycles. The summed E-state index contributed by atoms with van der Waals surface area (Å²) in [5, 5.41) is 0. The van der Waals surface area contributed by atoms with Crippen molar-refractivity contribution in [3.63, 3.8) is 0 Å². The smallest absolute Gasteiger partial charge is 0.116 e. The Kier molecular flexibility index (Phi) is 5.58. The maximum atomic E-state index is 3.72. The number of nitrogens with one attached hydrogen (secondary N) is 2. The van der Waals surface area contributed by atoms with Gasteiger partial charge in [0.05, 0.1) is 0 Å². The molecule has 14 heavy (non-hydrogen) atoms. The van der Waals surface area contributed by atoms with E-state index in [-0.39, 0.29) is 0 Å². The average Bonchev–Trinajstić information content (AvgIpc) is 1.78. The van der Waals surface area contributed by atoms with Gasteiger partial charge in [-0.05, 0) is 19.0 Å². The molecule has 2 nitrogen and oxygen atoms in total. The minimum atomic E-state index is -1.08. The summed E-state index contributed by atoms with van der Waals surface area (Å²) in [6.45, 7) is 17.6. The Morgan fingerprint density at radius 3 is 1.79 bits per heavy atom. The first-order valence-electron chi connectivity index (χ1n) is 5.63. The standard InChI is InChI=1S/C10H28N2Si2/c1-10(12-14(5,6)7)8-9-11-13(2,3)4/h10-12H,8-9H2,1-7H3. The number of hydrogen-bond acceptors (Lipinski definition) is 2. The molecule has 86 valence electrons. The van der Waals surface area contributed by atoms with Crippen molar-refractivity contribution < 1.29 is 0 Å². The molecule has 2 N–H and O–H groups in total. The molecule has 0 aromatic rings. The lowest BCUT2D eigenvalue weighted by Crippen LogP contribution is -2.49. The molecule has 0 aromatic carbocycles. The summed E-state index contributed by atoms with van der Waals surface area (Å²) >= 11 is 0. The lowest BCUT2D eigenvalue weighted by molar-refractivity contribution is 0.599. The van der Waals surface area contributed by atoms with E-state index in [0.29, 0.717) is 6.04 Å². The van der Waals surface area contributed by atoms with Crippen molar-refractivity contribution in [3.05, 3.63) is 0 Å². The van der Waals surface area contributed by atoms with Gasteiger partial charge in [0.2, 0.25) is 0 Å². The molecule has 0 aliphatic carbocycles. The number of hydrogen-bond donors (Lipinski definition) is 2. The highest BCUT2D eigenvalue weighted by atomic mass is 28.3. The molecule has 0 bridgehead atoms. The molecule has 1 unspecified atom stereocenters. The van der Waals surface area contributed by atoms with Gasteiger partial charge < -0.3 is 9.96 Å². The van der Waals surface area contributed by atoms with E-state index in [0.717, 1.165) is 6.54 Å². The topological polar surface area (TPSA) is 24.1 Å². The quantitative estimate of drug-likeness (QED) is 0.688. The highest BCUT2D eigenvalue weighted by Gasteiger charge is 2.17. The lowest BCUT2D eigenvalue weighted by Gasteiger charge is -2.25. The van der Waals surface area contributed by atoms with Crippen molar-refractivity contribution in [2.45, 2.75) is 58.7 Å². The van der Waals surface area contributed by atoms with Gasteiger partial charge in [-0.1, -0.05) is 46.2 Å². The van der Waals surface area contributed by atoms with Gasteiger partial charge in [0.1, 0.15) is 16.5 Å². The zero-order valence-electron chi connectivity index (χ0n) is 11.0. The highest BCUT2D eigenvalue weighted by Crippen LogP contribution is 2.01. The second-order valence-corrected chi connectivity index (χ2v) is 15.9. The molecule has 4 heteroatoms. The van der Waals surface area contributed by atoms with E-state index < -0.39 is 16.5 Å². The van der Waals surface area contributed by atoms with Gasteiger partial charge in [-0.25, -0.2) is 0 Å². The fourth-order valence-corrected chi connectivity index (χ4v) is 3.99. The Morgan fingerprint density at radius 2 is 1.43 bits per heavy atom. The number of rotatable bonds is 6. The van der Waals surface area contributed by atoms with Gasteiger partial charge in [-0.3, -0.25) is 0 Å². The van der Waals surface area contributed by atoms with Crippen LogP contribution in [0.3, 0.4) is 0 Å². The summed E-state index contributed by atoms with van der Waals surface area (Å²) in [6.07, 6.45) is 1.24. The fraction of sp³-hybridized carbons (Fsp3) is 1.00. The van der Waals surface area contributed by atoms with Crippen molar-refractivity contribution in [1.29, 1.82) is 0 Å². The normalized spacial score (nSPS) is 15.6. The Morgan fingerprint density at radius 1 is 0.929 bits per heavy atom. The molecule has 0 fully saturated rings. The van der Waals surface area contributed by atoms with Crippen LogP contribution in [0.5, 0.6) is 0 Å². The van der Waals surface area contributed by atoms with Crippen molar-refractivity contribution in [2.75, 3.05) is 6.54 Å². The van der Waals surface area contributed by atoms with Crippen LogP contribution < -0.4 is 9.96 Å². The van der Waals surface area contributed by atoms with E-state index in [1.54, 1.807) is 0 Å². The van der Waals surface area contributed by atoms with Crippen molar-refractivity contribution in [3.8, 4) is 0 Å². The second-order valence-electron chi connectivity index (χ2n) is 6.26. The monoisotopic (exact) mass is 232 g/mol. The predicted octanol–water partition coefficient (Wildman–Crippen LogP) is 2.61. The summed E-state index contributed by atoms with van der Waals surface area (Å²) in [7, 11) is -2.13. The Balaban J connectivity index is 3.60. The van der Waals surface area contributed by atoms with Crippen LogP contribution in [0.25, 0.3) is 0 Å². The summed E-state index contributed by atoms with van der Waals surface area (Å²) in [5.74, 6) is 0. The maximum absolute atomic E-state index is 3.72. The third kappa shape index (κ3) is 10.4. The molecule has 0 aromatic heterocycles. The predicted molar refractivity (Wildman–Crippen MR) is 71.9 cm³/mol. The van der Waals surface area contributed by atoms with Gasteiger partial charge in [0, 0.05) is 0 Å². The fourth-order valence-electron chi connectivity index (χ4n) is 1.48. The molecule has 0 aliphatic rings. The molecular weight excluding hydrogens is 204 g/mol. The first kappa shape index (κ1) is 14.4. The summed E-state index contributed by atoms with van der Waals surface area (Å²) in [6, 6.07) is 0.658. The molecule has 0 heterocycles. The lowest BCUT2D eigenvalue weighted by atomic mass is 10.3. The SMILES string of the molecule is CC(CCN[Si](C)(C)C)N[Si](C)(C)C. The van der Waals surface area contributed by atoms with Gasteiger partial charge in [-0.2, -0.15) is 0 Å². The molecule has 0 rings (SSSR count). The minimum absolute atomic E-state index is 0.658. The van der Waals surface area contributed by atoms with Gasteiger partial charge in [-0.15, -0.1) is 0 Å². The van der Waals surface area contributed by atoms with E-state index in [9.17, 15) is 0 Å². The molecule has 0 amide bonds. The minimum Gasteiger partial charge on any atom is -0.337 e. The van der Waals surface area contributed by atoms with Gasteiger partial charge in [0.25, 0.3) is 0 Å². The van der Waals surface area contributed by atoms with Gasteiger partial charge >= 0.3 is 0 Å². The first-order valence-corrected chi connectivity index (χ1v) is 12.6. The molecule has 0 radical (unpaired) electrons. The van der Waals surface area contributed by atoms with Crippen LogP contribution in [0.1, 0.15) is 13.3 Å². The van der Waals surface area contributed by atoms with E-state index in [4.69, 9.17) is 0 Å². The van der Waals surface area contributed by atoms with E-state index in [1.807, 2.05) is 0 Å². The summed E-state index contributed by atoms with van der Waals surface area (Å²) < 4.78 is 0. The zero-order chi connectivity index (χ0) is 11.4. The first-order chi connectivity index (χ1) is 6.10. The Labute approximate surface area is 92.0 Å². The molecule has 0 spiro atoms. The van der Waals surface area contributed by atoms with Crippen molar-refractivity contribution in [1.82, 2.24) is 9.96 Å². The van der Waals surface area contributed by atoms with Crippen LogP contribution >= 0.6 is 0 Å².